The molecule has 0 aromatic carbocycles. The van der Waals surface area contributed by atoms with Gasteiger partial charge in [-0.1, -0.05) is 18.7 Å². The molecular weight excluding hydrogens is 230 g/mol. The van der Waals surface area contributed by atoms with Crippen molar-refractivity contribution in [3.05, 3.63) is 36.1 Å². The molecule has 0 unspecified atom stereocenters. The minimum absolute atomic E-state index is 0.870. The maximum absolute atomic E-state index is 9.33. The molecular formula is C10H17NO4S. The molecule has 0 saturated heterocycles. The third-order valence-corrected chi connectivity index (χ3v) is 2.45. The Balaban J connectivity index is 0.000000325. The quantitative estimate of drug-likeness (QED) is 0.747. The zero-order valence-corrected chi connectivity index (χ0v) is 10.5. The predicted molar refractivity (Wildman–Crippen MR) is 63.2 cm³/mol. The van der Waals surface area contributed by atoms with E-state index in [9.17, 15) is 8.42 Å². The smallest absolute Gasteiger partial charge is 0.374 e. The summed E-state index contributed by atoms with van der Waals surface area (Å²) in [7, 11) is -1.21. The standard InChI is InChI=1S/C9H13N.CH4O4S/c1-4-9-6-5-8(2)10(3)7-9;1-5-6(2,3)4/h4-6H,1,7H2,2-3H3;1H3,(H,2,3,4). The molecule has 0 radical (unpaired) electrons. The molecule has 0 aromatic rings. The van der Waals surface area contributed by atoms with E-state index in [1.165, 1.54) is 11.3 Å². The SMILES string of the molecule is C=CC1=CC=C(C)N(C)C1.COS(=O)(=O)O. The van der Waals surface area contributed by atoms with E-state index >= 15 is 0 Å². The van der Waals surface area contributed by atoms with Crippen molar-refractivity contribution in [2.24, 2.45) is 0 Å². The summed E-state index contributed by atoms with van der Waals surface area (Å²) in [5, 5.41) is 0. The van der Waals surface area contributed by atoms with Crippen LogP contribution in [0.3, 0.4) is 0 Å². The minimum Gasteiger partial charge on any atom is -0.374 e. The number of rotatable bonds is 2. The van der Waals surface area contributed by atoms with Gasteiger partial charge in [0.25, 0.3) is 0 Å². The highest BCUT2D eigenvalue weighted by Crippen LogP contribution is 2.11. The molecule has 1 heterocycles. The Morgan fingerprint density at radius 1 is 1.56 bits per heavy atom. The highest BCUT2D eigenvalue weighted by Gasteiger charge is 2.03. The molecule has 0 atom stereocenters. The molecule has 6 heteroatoms. The fourth-order valence-electron chi connectivity index (χ4n) is 0.939. The van der Waals surface area contributed by atoms with Gasteiger partial charge in [0.15, 0.2) is 0 Å². The first-order chi connectivity index (χ1) is 7.30. The molecule has 0 aliphatic carbocycles. The lowest BCUT2D eigenvalue weighted by atomic mass is 10.1. The third-order valence-electron chi connectivity index (χ3n) is 2.03. The summed E-state index contributed by atoms with van der Waals surface area (Å²) in [5.74, 6) is 0. The van der Waals surface area contributed by atoms with Crippen LogP contribution in [0.1, 0.15) is 6.92 Å². The van der Waals surface area contributed by atoms with Crippen LogP contribution in [-0.4, -0.2) is 38.6 Å². The Hall–Kier alpha value is -1.11. The first-order valence-corrected chi connectivity index (χ1v) is 5.90. The first kappa shape index (κ1) is 14.9. The van der Waals surface area contributed by atoms with E-state index in [-0.39, 0.29) is 0 Å². The molecule has 16 heavy (non-hydrogen) atoms. The summed E-state index contributed by atoms with van der Waals surface area (Å²) >= 11 is 0. The summed E-state index contributed by atoms with van der Waals surface area (Å²) in [5.41, 5.74) is 2.60. The van der Waals surface area contributed by atoms with E-state index < -0.39 is 10.4 Å². The lowest BCUT2D eigenvalue weighted by Gasteiger charge is -2.23. The van der Waals surface area contributed by atoms with Crippen molar-refractivity contribution in [3.63, 3.8) is 0 Å². The summed E-state index contributed by atoms with van der Waals surface area (Å²) in [6, 6.07) is 0. The van der Waals surface area contributed by atoms with E-state index in [1.807, 2.05) is 6.08 Å². The maximum Gasteiger partial charge on any atom is 0.397 e. The van der Waals surface area contributed by atoms with E-state index in [0.717, 1.165) is 13.7 Å². The molecule has 0 saturated carbocycles. The van der Waals surface area contributed by atoms with Crippen molar-refractivity contribution in [1.29, 1.82) is 0 Å². The Morgan fingerprint density at radius 3 is 2.38 bits per heavy atom. The molecule has 0 aromatic heterocycles. The molecule has 1 N–H and O–H groups in total. The van der Waals surface area contributed by atoms with Crippen LogP contribution in [-0.2, 0) is 14.6 Å². The topological polar surface area (TPSA) is 66.8 Å². The van der Waals surface area contributed by atoms with Crippen molar-refractivity contribution in [2.45, 2.75) is 6.92 Å². The van der Waals surface area contributed by atoms with Crippen molar-refractivity contribution in [3.8, 4) is 0 Å². The maximum atomic E-state index is 9.33. The largest absolute Gasteiger partial charge is 0.397 e. The van der Waals surface area contributed by atoms with E-state index in [2.05, 4.69) is 41.8 Å². The predicted octanol–water partition coefficient (Wildman–Crippen LogP) is 1.38. The molecule has 92 valence electrons. The van der Waals surface area contributed by atoms with Gasteiger partial charge >= 0.3 is 10.4 Å². The third kappa shape index (κ3) is 6.39. The fraction of sp³-hybridized carbons (Fsp3) is 0.400. The second-order valence-corrected chi connectivity index (χ2v) is 4.39. The zero-order chi connectivity index (χ0) is 12.8. The molecule has 5 nitrogen and oxygen atoms in total. The van der Waals surface area contributed by atoms with Gasteiger partial charge in [-0.3, -0.25) is 8.74 Å². The van der Waals surface area contributed by atoms with Crippen LogP contribution in [0.5, 0.6) is 0 Å². The Kier molecular flexibility index (Phi) is 6.02. The zero-order valence-electron chi connectivity index (χ0n) is 9.67. The van der Waals surface area contributed by atoms with Crippen LogP contribution in [0.2, 0.25) is 0 Å². The molecule has 1 rings (SSSR count). The highest BCUT2D eigenvalue weighted by atomic mass is 32.3. The minimum atomic E-state index is -4.16. The van der Waals surface area contributed by atoms with Gasteiger partial charge in [0, 0.05) is 19.3 Å². The van der Waals surface area contributed by atoms with Crippen LogP contribution in [0.15, 0.2) is 36.1 Å². The number of hydrogen-bond acceptors (Lipinski definition) is 4. The average Bonchev–Trinajstić information content (AvgIpc) is 2.22. The van der Waals surface area contributed by atoms with E-state index in [4.69, 9.17) is 4.55 Å². The first-order valence-electron chi connectivity index (χ1n) is 4.54. The van der Waals surface area contributed by atoms with Crippen molar-refractivity contribution in [1.82, 2.24) is 4.90 Å². The number of nitrogens with zero attached hydrogens (tertiary/aromatic N) is 1. The molecule has 0 spiro atoms. The lowest BCUT2D eigenvalue weighted by molar-refractivity contribution is 0.324. The number of allylic oxidation sites excluding steroid dienone is 3. The van der Waals surface area contributed by atoms with Gasteiger partial charge in [0.2, 0.25) is 0 Å². The van der Waals surface area contributed by atoms with Gasteiger partial charge in [0.1, 0.15) is 0 Å². The normalized spacial score (nSPS) is 15.6. The molecule has 0 amide bonds. The van der Waals surface area contributed by atoms with E-state index in [1.54, 1.807) is 0 Å². The van der Waals surface area contributed by atoms with Crippen molar-refractivity contribution >= 4 is 10.4 Å². The van der Waals surface area contributed by atoms with Crippen molar-refractivity contribution < 1.29 is 17.2 Å². The van der Waals surface area contributed by atoms with Gasteiger partial charge in [-0.25, -0.2) is 0 Å². The fourth-order valence-corrected chi connectivity index (χ4v) is 0.939. The van der Waals surface area contributed by atoms with Gasteiger partial charge < -0.3 is 4.90 Å². The van der Waals surface area contributed by atoms with Gasteiger partial charge in [-0.15, -0.1) is 0 Å². The van der Waals surface area contributed by atoms with Gasteiger partial charge in [-0.2, -0.15) is 8.42 Å². The molecule has 0 fully saturated rings. The van der Waals surface area contributed by atoms with Crippen LogP contribution in [0.25, 0.3) is 0 Å². The van der Waals surface area contributed by atoms with Crippen LogP contribution >= 0.6 is 0 Å². The lowest BCUT2D eigenvalue weighted by Crippen LogP contribution is -2.20. The van der Waals surface area contributed by atoms with Crippen LogP contribution in [0.4, 0.5) is 0 Å². The molecule has 0 bridgehead atoms. The number of hydrogen-bond donors (Lipinski definition) is 1. The van der Waals surface area contributed by atoms with Crippen LogP contribution < -0.4 is 0 Å². The monoisotopic (exact) mass is 247 g/mol. The molecule has 1 aliphatic rings. The summed E-state index contributed by atoms with van der Waals surface area (Å²) in [6.45, 7) is 6.82. The van der Waals surface area contributed by atoms with E-state index in [0.29, 0.717) is 0 Å². The van der Waals surface area contributed by atoms with Gasteiger partial charge in [0.05, 0.1) is 7.11 Å². The van der Waals surface area contributed by atoms with Crippen LogP contribution in [0, 0.1) is 0 Å². The second kappa shape index (κ2) is 6.47. The summed E-state index contributed by atoms with van der Waals surface area (Å²) < 4.78 is 29.7. The Morgan fingerprint density at radius 2 is 2.06 bits per heavy atom. The van der Waals surface area contributed by atoms with Crippen molar-refractivity contribution in [2.75, 3.05) is 20.7 Å². The second-order valence-electron chi connectivity index (χ2n) is 3.20. The average molecular weight is 247 g/mol. The highest BCUT2D eigenvalue weighted by molar-refractivity contribution is 7.80. The Bertz CT molecular complexity index is 395. The Labute approximate surface area is 96.7 Å². The number of likely N-dealkylation sites (N-methyl/N-ethyl adjacent to an activating group) is 1. The molecule has 1 aliphatic heterocycles. The van der Waals surface area contributed by atoms with Gasteiger partial charge in [-0.05, 0) is 18.6 Å². The summed E-state index contributed by atoms with van der Waals surface area (Å²) in [4.78, 5) is 2.21. The summed E-state index contributed by atoms with van der Waals surface area (Å²) in [6.07, 6.45) is 6.13.